The lowest BCUT2D eigenvalue weighted by atomic mass is 10.2. The van der Waals surface area contributed by atoms with Crippen LogP contribution in [0.4, 0.5) is 0 Å². The highest BCUT2D eigenvalue weighted by atomic mass is 16.5. The average Bonchev–Trinajstić information content (AvgIpc) is 2.62. The van der Waals surface area contributed by atoms with E-state index >= 15 is 0 Å². The number of nitrogens with one attached hydrogen (secondary N) is 1. The maximum absolute atomic E-state index is 12.0. The van der Waals surface area contributed by atoms with Gasteiger partial charge in [-0.25, -0.2) is 0 Å². The Hall–Kier alpha value is -2.53. The van der Waals surface area contributed by atoms with Gasteiger partial charge in [0, 0.05) is 12.6 Å². The van der Waals surface area contributed by atoms with E-state index in [1.54, 1.807) is 26.2 Å². The molecular formula is C19H23NO4. The molecule has 0 aliphatic carbocycles. The van der Waals surface area contributed by atoms with Gasteiger partial charge in [0.25, 0.3) is 5.91 Å². The van der Waals surface area contributed by atoms with Gasteiger partial charge in [0.1, 0.15) is 11.5 Å². The molecule has 0 bridgehead atoms. The molecule has 0 saturated heterocycles. The molecule has 5 heteroatoms. The average molecular weight is 329 g/mol. The molecular weight excluding hydrogens is 306 g/mol. The molecule has 0 fully saturated rings. The number of hydrogen-bond donors (Lipinski definition) is 1. The molecule has 1 unspecified atom stereocenters. The molecule has 1 atom stereocenters. The summed E-state index contributed by atoms with van der Waals surface area (Å²) in [4.78, 5) is 12.0. The lowest BCUT2D eigenvalue weighted by Crippen LogP contribution is -2.38. The normalized spacial score (nSPS) is 11.6. The number of amides is 1. The summed E-state index contributed by atoms with van der Waals surface area (Å²) >= 11 is 0. The van der Waals surface area contributed by atoms with Crippen LogP contribution in [0.15, 0.2) is 54.6 Å². The molecule has 2 rings (SSSR count). The molecule has 0 heterocycles. The maximum Gasteiger partial charge on any atom is 0.260 e. The van der Waals surface area contributed by atoms with E-state index in [-0.39, 0.29) is 5.91 Å². The van der Waals surface area contributed by atoms with Crippen molar-refractivity contribution < 1.29 is 19.0 Å². The third-order valence-electron chi connectivity index (χ3n) is 3.38. The van der Waals surface area contributed by atoms with Crippen molar-refractivity contribution in [3.05, 3.63) is 60.2 Å². The van der Waals surface area contributed by atoms with Crippen LogP contribution >= 0.6 is 0 Å². The molecule has 128 valence electrons. The number of hydrogen-bond acceptors (Lipinski definition) is 4. The van der Waals surface area contributed by atoms with Crippen LogP contribution in [0.25, 0.3) is 0 Å². The molecule has 0 aliphatic rings. The zero-order valence-corrected chi connectivity index (χ0v) is 14.0. The SMILES string of the molecule is COc1cccc(OC(C)C(=O)NCCOCc2ccccc2)c1. The molecule has 24 heavy (non-hydrogen) atoms. The first kappa shape index (κ1) is 17.8. The minimum absolute atomic E-state index is 0.180. The van der Waals surface area contributed by atoms with E-state index < -0.39 is 6.10 Å². The first-order chi connectivity index (χ1) is 11.7. The van der Waals surface area contributed by atoms with Crippen molar-refractivity contribution in [2.24, 2.45) is 0 Å². The zero-order chi connectivity index (χ0) is 17.2. The summed E-state index contributed by atoms with van der Waals surface area (Å²) in [7, 11) is 1.59. The topological polar surface area (TPSA) is 56.8 Å². The third kappa shape index (κ3) is 5.93. The quantitative estimate of drug-likeness (QED) is 0.719. The predicted molar refractivity (Wildman–Crippen MR) is 92.2 cm³/mol. The Morgan fingerprint density at radius 2 is 1.83 bits per heavy atom. The van der Waals surface area contributed by atoms with Gasteiger partial charge in [-0.3, -0.25) is 4.79 Å². The van der Waals surface area contributed by atoms with E-state index in [9.17, 15) is 4.79 Å². The summed E-state index contributed by atoms with van der Waals surface area (Å²) in [6, 6.07) is 17.1. The monoisotopic (exact) mass is 329 g/mol. The molecule has 2 aromatic rings. The third-order valence-corrected chi connectivity index (χ3v) is 3.38. The predicted octanol–water partition coefficient (Wildman–Crippen LogP) is 2.80. The smallest absolute Gasteiger partial charge is 0.260 e. The van der Waals surface area contributed by atoms with Gasteiger partial charge >= 0.3 is 0 Å². The first-order valence-electron chi connectivity index (χ1n) is 7.89. The molecule has 2 aromatic carbocycles. The number of methoxy groups -OCH3 is 1. The zero-order valence-electron chi connectivity index (χ0n) is 14.0. The molecule has 0 spiro atoms. The van der Waals surface area contributed by atoms with E-state index in [1.807, 2.05) is 42.5 Å². The maximum atomic E-state index is 12.0. The molecule has 0 aromatic heterocycles. The fourth-order valence-electron chi connectivity index (χ4n) is 2.09. The molecule has 0 saturated carbocycles. The number of carbonyl (C=O) groups is 1. The van der Waals surface area contributed by atoms with Gasteiger partial charge in [-0.05, 0) is 24.6 Å². The number of benzene rings is 2. The summed E-state index contributed by atoms with van der Waals surface area (Å²) in [5.74, 6) is 1.10. The van der Waals surface area contributed by atoms with Gasteiger partial charge in [-0.1, -0.05) is 36.4 Å². The lowest BCUT2D eigenvalue weighted by Gasteiger charge is -2.15. The summed E-state index contributed by atoms with van der Waals surface area (Å²) < 4.78 is 16.3. The highest BCUT2D eigenvalue weighted by Crippen LogP contribution is 2.19. The van der Waals surface area contributed by atoms with E-state index in [4.69, 9.17) is 14.2 Å². The molecule has 0 aliphatic heterocycles. The number of ether oxygens (including phenoxy) is 3. The van der Waals surface area contributed by atoms with Crippen molar-refractivity contribution in [1.82, 2.24) is 5.32 Å². The van der Waals surface area contributed by atoms with Crippen LogP contribution in [0, 0.1) is 0 Å². The van der Waals surface area contributed by atoms with Crippen LogP contribution in [0.2, 0.25) is 0 Å². The van der Waals surface area contributed by atoms with Crippen molar-refractivity contribution in [2.45, 2.75) is 19.6 Å². The Kier molecular flexibility index (Phi) is 7.11. The lowest BCUT2D eigenvalue weighted by molar-refractivity contribution is -0.127. The van der Waals surface area contributed by atoms with Gasteiger partial charge in [0.15, 0.2) is 6.10 Å². The number of carbonyl (C=O) groups excluding carboxylic acids is 1. The summed E-state index contributed by atoms with van der Waals surface area (Å²) in [6.07, 6.45) is -0.591. The Morgan fingerprint density at radius 1 is 1.08 bits per heavy atom. The molecule has 0 radical (unpaired) electrons. The number of rotatable bonds is 9. The van der Waals surface area contributed by atoms with Crippen LogP contribution in [-0.2, 0) is 16.1 Å². The Labute approximate surface area is 142 Å². The highest BCUT2D eigenvalue weighted by Gasteiger charge is 2.14. The van der Waals surface area contributed by atoms with Crippen LogP contribution in [0.1, 0.15) is 12.5 Å². The molecule has 1 N–H and O–H groups in total. The van der Waals surface area contributed by atoms with Crippen LogP contribution in [0.3, 0.4) is 0 Å². The highest BCUT2D eigenvalue weighted by molar-refractivity contribution is 5.80. The minimum Gasteiger partial charge on any atom is -0.497 e. The summed E-state index contributed by atoms with van der Waals surface area (Å²) in [6.45, 7) is 3.14. The van der Waals surface area contributed by atoms with Crippen LogP contribution in [-0.4, -0.2) is 32.3 Å². The second-order valence-corrected chi connectivity index (χ2v) is 5.27. The van der Waals surface area contributed by atoms with E-state index in [1.165, 1.54) is 0 Å². The van der Waals surface area contributed by atoms with Crippen LogP contribution in [0.5, 0.6) is 11.5 Å². The summed E-state index contributed by atoms with van der Waals surface area (Å²) in [5, 5.41) is 2.80. The van der Waals surface area contributed by atoms with Crippen LogP contribution < -0.4 is 14.8 Å². The fraction of sp³-hybridized carbons (Fsp3) is 0.316. The minimum atomic E-state index is -0.591. The van der Waals surface area contributed by atoms with Gasteiger partial charge in [0.05, 0.1) is 20.3 Å². The molecule has 1 amide bonds. The van der Waals surface area contributed by atoms with Crippen molar-refractivity contribution in [2.75, 3.05) is 20.3 Å². The standard InChI is InChI=1S/C19H23NO4/c1-15(24-18-10-6-9-17(13-18)22-2)19(21)20-11-12-23-14-16-7-4-3-5-8-16/h3-10,13,15H,11-12,14H2,1-2H3,(H,20,21). The van der Waals surface area contributed by atoms with E-state index in [0.29, 0.717) is 31.3 Å². The van der Waals surface area contributed by atoms with Gasteiger partial charge < -0.3 is 19.5 Å². The van der Waals surface area contributed by atoms with Gasteiger partial charge in [-0.2, -0.15) is 0 Å². The van der Waals surface area contributed by atoms with Gasteiger partial charge in [-0.15, -0.1) is 0 Å². The second kappa shape index (κ2) is 9.57. The Bertz CT molecular complexity index is 630. The van der Waals surface area contributed by atoms with E-state index in [0.717, 1.165) is 5.56 Å². The second-order valence-electron chi connectivity index (χ2n) is 5.27. The van der Waals surface area contributed by atoms with E-state index in [2.05, 4.69) is 5.32 Å². The molecule has 5 nitrogen and oxygen atoms in total. The summed E-state index contributed by atoms with van der Waals surface area (Å²) in [5.41, 5.74) is 1.11. The Morgan fingerprint density at radius 3 is 2.58 bits per heavy atom. The Balaban J connectivity index is 1.66. The van der Waals surface area contributed by atoms with Crippen molar-refractivity contribution >= 4 is 5.91 Å². The first-order valence-corrected chi connectivity index (χ1v) is 7.89. The van der Waals surface area contributed by atoms with Crippen molar-refractivity contribution in [3.8, 4) is 11.5 Å². The van der Waals surface area contributed by atoms with Crippen molar-refractivity contribution in [1.29, 1.82) is 0 Å². The largest absolute Gasteiger partial charge is 0.497 e. The van der Waals surface area contributed by atoms with Gasteiger partial charge in [0.2, 0.25) is 0 Å². The fourth-order valence-corrected chi connectivity index (χ4v) is 2.09. The van der Waals surface area contributed by atoms with Crippen molar-refractivity contribution in [3.63, 3.8) is 0 Å².